The first-order chi connectivity index (χ1) is 8.04. The van der Waals surface area contributed by atoms with Crippen LogP contribution in [0.3, 0.4) is 0 Å². The second-order valence-corrected chi connectivity index (χ2v) is 3.98. The summed E-state index contributed by atoms with van der Waals surface area (Å²) in [5.74, 6) is -0.595. The van der Waals surface area contributed by atoms with E-state index < -0.39 is 0 Å². The monoisotopic (exact) mass is 255 g/mol. The number of esters is 1. The Balaban J connectivity index is 2.58. The molecule has 92 valence electrons. The van der Waals surface area contributed by atoms with Gasteiger partial charge in [-0.25, -0.2) is 0 Å². The van der Waals surface area contributed by atoms with E-state index in [1.165, 1.54) is 7.11 Å². The van der Waals surface area contributed by atoms with Gasteiger partial charge in [-0.05, 0) is 24.6 Å². The molecule has 0 saturated carbocycles. The van der Waals surface area contributed by atoms with Crippen LogP contribution in [0, 0.1) is 6.92 Å². The zero-order valence-corrected chi connectivity index (χ0v) is 10.5. The van der Waals surface area contributed by atoms with Crippen molar-refractivity contribution < 1.29 is 14.3 Å². The fraction of sp³-hybridized carbons (Fsp3) is 0.333. The van der Waals surface area contributed by atoms with Gasteiger partial charge in [0.05, 0.1) is 13.5 Å². The number of ether oxygens (including phenoxy) is 1. The van der Waals surface area contributed by atoms with Crippen molar-refractivity contribution in [3.8, 4) is 0 Å². The van der Waals surface area contributed by atoms with Gasteiger partial charge in [0.25, 0.3) is 5.91 Å². The summed E-state index contributed by atoms with van der Waals surface area (Å²) in [5, 5.41) is 3.14. The van der Waals surface area contributed by atoms with Crippen molar-refractivity contribution in [3.63, 3.8) is 0 Å². The minimum absolute atomic E-state index is 0.155. The number of rotatable bonds is 4. The van der Waals surface area contributed by atoms with Crippen LogP contribution in [0.4, 0.5) is 0 Å². The number of carbonyl (C=O) groups excluding carboxylic acids is 2. The highest BCUT2D eigenvalue weighted by molar-refractivity contribution is 6.31. The first kappa shape index (κ1) is 13.5. The maximum absolute atomic E-state index is 11.8. The number of benzene rings is 1. The van der Waals surface area contributed by atoms with Crippen molar-refractivity contribution >= 4 is 23.5 Å². The number of hydrogen-bond donors (Lipinski definition) is 1. The fourth-order valence-electron chi connectivity index (χ4n) is 1.31. The molecule has 0 saturated heterocycles. The van der Waals surface area contributed by atoms with Gasteiger partial charge in [0.15, 0.2) is 0 Å². The highest BCUT2D eigenvalue weighted by Crippen LogP contribution is 2.15. The Labute approximate surface area is 105 Å². The van der Waals surface area contributed by atoms with E-state index in [0.717, 1.165) is 5.56 Å². The molecule has 1 aromatic rings. The Hall–Kier alpha value is -1.55. The van der Waals surface area contributed by atoms with E-state index in [2.05, 4.69) is 10.1 Å². The molecular formula is C12H14ClNO3. The van der Waals surface area contributed by atoms with Crippen LogP contribution in [0.2, 0.25) is 5.02 Å². The molecule has 0 fully saturated rings. The van der Waals surface area contributed by atoms with E-state index in [1.807, 2.05) is 6.92 Å². The van der Waals surface area contributed by atoms with Crippen molar-refractivity contribution in [1.29, 1.82) is 0 Å². The number of methoxy groups -OCH3 is 1. The SMILES string of the molecule is COC(=O)CCNC(=O)c1cc(Cl)ccc1C. The molecule has 0 bridgehead atoms. The van der Waals surface area contributed by atoms with Gasteiger partial charge in [0.2, 0.25) is 0 Å². The summed E-state index contributed by atoms with van der Waals surface area (Å²) in [6.07, 6.45) is 0.155. The number of nitrogens with one attached hydrogen (secondary N) is 1. The zero-order valence-electron chi connectivity index (χ0n) is 9.75. The van der Waals surface area contributed by atoms with Gasteiger partial charge in [0, 0.05) is 17.1 Å². The quantitative estimate of drug-likeness (QED) is 0.837. The molecule has 0 aliphatic heterocycles. The second kappa shape index (κ2) is 6.25. The van der Waals surface area contributed by atoms with Crippen molar-refractivity contribution in [3.05, 3.63) is 34.3 Å². The van der Waals surface area contributed by atoms with E-state index >= 15 is 0 Å². The predicted molar refractivity (Wildman–Crippen MR) is 65.2 cm³/mol. The van der Waals surface area contributed by atoms with Crippen LogP contribution in [0.1, 0.15) is 22.3 Å². The minimum Gasteiger partial charge on any atom is -0.469 e. The van der Waals surface area contributed by atoms with E-state index in [-0.39, 0.29) is 24.8 Å². The lowest BCUT2D eigenvalue weighted by molar-refractivity contribution is -0.140. The van der Waals surface area contributed by atoms with Gasteiger partial charge < -0.3 is 10.1 Å². The molecular weight excluding hydrogens is 242 g/mol. The highest BCUT2D eigenvalue weighted by atomic mass is 35.5. The Bertz CT molecular complexity index is 432. The number of carbonyl (C=O) groups is 2. The first-order valence-electron chi connectivity index (χ1n) is 5.15. The van der Waals surface area contributed by atoms with Gasteiger partial charge in [-0.3, -0.25) is 9.59 Å². The maximum Gasteiger partial charge on any atom is 0.307 e. The fourth-order valence-corrected chi connectivity index (χ4v) is 1.49. The Morgan fingerprint density at radius 1 is 1.41 bits per heavy atom. The van der Waals surface area contributed by atoms with E-state index in [1.54, 1.807) is 18.2 Å². The molecule has 0 spiro atoms. The Kier molecular flexibility index (Phi) is 4.97. The van der Waals surface area contributed by atoms with E-state index in [0.29, 0.717) is 10.6 Å². The second-order valence-electron chi connectivity index (χ2n) is 3.54. The molecule has 0 unspecified atom stereocenters. The van der Waals surface area contributed by atoms with Crippen molar-refractivity contribution in [1.82, 2.24) is 5.32 Å². The summed E-state index contributed by atoms with van der Waals surface area (Å²) >= 11 is 5.81. The van der Waals surface area contributed by atoms with Crippen LogP contribution in [0.5, 0.6) is 0 Å². The minimum atomic E-state index is -0.354. The lowest BCUT2D eigenvalue weighted by atomic mass is 10.1. The van der Waals surface area contributed by atoms with Crippen LogP contribution in [-0.2, 0) is 9.53 Å². The molecule has 0 aliphatic rings. The molecule has 1 amide bonds. The average Bonchev–Trinajstić information content (AvgIpc) is 2.31. The third kappa shape index (κ3) is 4.07. The maximum atomic E-state index is 11.8. The Morgan fingerprint density at radius 2 is 2.12 bits per heavy atom. The third-order valence-corrected chi connectivity index (χ3v) is 2.52. The topological polar surface area (TPSA) is 55.4 Å². The summed E-state index contributed by atoms with van der Waals surface area (Å²) in [6, 6.07) is 5.10. The average molecular weight is 256 g/mol. The van der Waals surface area contributed by atoms with Gasteiger partial charge in [0.1, 0.15) is 0 Å². The van der Waals surface area contributed by atoms with E-state index in [9.17, 15) is 9.59 Å². The number of halogens is 1. The van der Waals surface area contributed by atoms with Crippen LogP contribution in [0.15, 0.2) is 18.2 Å². The molecule has 4 nitrogen and oxygen atoms in total. The molecule has 5 heteroatoms. The van der Waals surface area contributed by atoms with Crippen LogP contribution >= 0.6 is 11.6 Å². The molecule has 0 radical (unpaired) electrons. The lowest BCUT2D eigenvalue weighted by Crippen LogP contribution is -2.26. The largest absolute Gasteiger partial charge is 0.469 e. The zero-order chi connectivity index (χ0) is 12.8. The third-order valence-electron chi connectivity index (χ3n) is 2.29. The molecule has 1 N–H and O–H groups in total. The van der Waals surface area contributed by atoms with Crippen LogP contribution in [0.25, 0.3) is 0 Å². The van der Waals surface area contributed by atoms with Crippen LogP contribution < -0.4 is 5.32 Å². The highest BCUT2D eigenvalue weighted by Gasteiger charge is 2.09. The summed E-state index contributed by atoms with van der Waals surface area (Å²) in [6.45, 7) is 2.07. The Morgan fingerprint density at radius 3 is 2.76 bits per heavy atom. The van der Waals surface area contributed by atoms with Gasteiger partial charge in [-0.15, -0.1) is 0 Å². The molecule has 0 aromatic heterocycles. The molecule has 17 heavy (non-hydrogen) atoms. The summed E-state index contributed by atoms with van der Waals surface area (Å²) in [5.41, 5.74) is 1.35. The van der Waals surface area contributed by atoms with E-state index in [4.69, 9.17) is 11.6 Å². The van der Waals surface area contributed by atoms with Gasteiger partial charge in [-0.1, -0.05) is 17.7 Å². The van der Waals surface area contributed by atoms with Crippen molar-refractivity contribution in [2.24, 2.45) is 0 Å². The number of aryl methyl sites for hydroxylation is 1. The smallest absolute Gasteiger partial charge is 0.307 e. The summed E-state index contributed by atoms with van der Waals surface area (Å²) in [4.78, 5) is 22.6. The predicted octanol–water partition coefficient (Wildman–Crippen LogP) is 1.94. The lowest BCUT2D eigenvalue weighted by Gasteiger charge is -2.07. The molecule has 0 heterocycles. The standard InChI is InChI=1S/C12H14ClNO3/c1-8-3-4-9(13)7-10(8)12(16)14-6-5-11(15)17-2/h3-4,7H,5-6H2,1-2H3,(H,14,16). The van der Waals surface area contributed by atoms with Crippen molar-refractivity contribution in [2.75, 3.05) is 13.7 Å². The van der Waals surface area contributed by atoms with Crippen LogP contribution in [-0.4, -0.2) is 25.5 Å². The summed E-state index contributed by atoms with van der Waals surface area (Å²) < 4.78 is 4.47. The molecule has 0 aliphatic carbocycles. The first-order valence-corrected chi connectivity index (χ1v) is 5.53. The van der Waals surface area contributed by atoms with Crippen molar-refractivity contribution in [2.45, 2.75) is 13.3 Å². The number of hydrogen-bond acceptors (Lipinski definition) is 3. The molecule has 1 aromatic carbocycles. The van der Waals surface area contributed by atoms with Gasteiger partial charge in [-0.2, -0.15) is 0 Å². The molecule has 1 rings (SSSR count). The normalized spacial score (nSPS) is 9.82. The van der Waals surface area contributed by atoms with Gasteiger partial charge >= 0.3 is 5.97 Å². The summed E-state index contributed by atoms with van der Waals surface area (Å²) in [7, 11) is 1.31. The molecule has 0 atom stereocenters. The number of amides is 1.